The minimum Gasteiger partial charge on any atom is -0.466 e. The standard InChI is InChI=1S/C12H17ClN2O2/c1-4-10-9(6-7-11(16)17-5-2)12(13)15-8(3)14-10/h4-7H2,1-3H3. The van der Waals surface area contributed by atoms with E-state index in [1.807, 2.05) is 6.92 Å². The van der Waals surface area contributed by atoms with Crippen molar-refractivity contribution < 1.29 is 9.53 Å². The van der Waals surface area contributed by atoms with Gasteiger partial charge in [0.05, 0.1) is 6.61 Å². The highest BCUT2D eigenvalue weighted by Crippen LogP contribution is 2.19. The molecule has 0 saturated heterocycles. The quantitative estimate of drug-likeness (QED) is 0.600. The molecule has 0 radical (unpaired) electrons. The van der Waals surface area contributed by atoms with Gasteiger partial charge in [-0.25, -0.2) is 9.97 Å². The molecule has 0 spiro atoms. The van der Waals surface area contributed by atoms with Crippen LogP contribution in [0.25, 0.3) is 0 Å². The molecule has 0 atom stereocenters. The number of hydrogen-bond donors (Lipinski definition) is 0. The summed E-state index contributed by atoms with van der Waals surface area (Å²) in [6.07, 6.45) is 1.62. The number of aromatic nitrogens is 2. The molecule has 1 aromatic rings. The lowest BCUT2D eigenvalue weighted by Crippen LogP contribution is -2.08. The zero-order chi connectivity index (χ0) is 12.8. The van der Waals surface area contributed by atoms with E-state index in [-0.39, 0.29) is 5.97 Å². The van der Waals surface area contributed by atoms with Crippen LogP contribution in [-0.4, -0.2) is 22.5 Å². The third kappa shape index (κ3) is 3.97. The molecule has 94 valence electrons. The van der Waals surface area contributed by atoms with Crippen LogP contribution >= 0.6 is 11.6 Å². The van der Waals surface area contributed by atoms with E-state index in [9.17, 15) is 4.79 Å². The zero-order valence-corrected chi connectivity index (χ0v) is 11.2. The van der Waals surface area contributed by atoms with Gasteiger partial charge in [-0.3, -0.25) is 4.79 Å². The van der Waals surface area contributed by atoms with Crippen LogP contribution in [0, 0.1) is 6.92 Å². The number of nitrogens with zero attached hydrogens (tertiary/aromatic N) is 2. The van der Waals surface area contributed by atoms with Gasteiger partial charge in [-0.15, -0.1) is 0 Å². The van der Waals surface area contributed by atoms with E-state index >= 15 is 0 Å². The second kappa shape index (κ2) is 6.55. The number of hydrogen-bond acceptors (Lipinski definition) is 4. The zero-order valence-electron chi connectivity index (χ0n) is 10.4. The summed E-state index contributed by atoms with van der Waals surface area (Å²) in [5, 5.41) is 0.443. The Morgan fingerprint density at radius 1 is 1.35 bits per heavy atom. The molecular formula is C12H17ClN2O2. The van der Waals surface area contributed by atoms with Gasteiger partial charge in [-0.1, -0.05) is 18.5 Å². The minimum atomic E-state index is -0.216. The molecule has 0 aliphatic carbocycles. The molecule has 0 aliphatic heterocycles. The summed E-state index contributed by atoms with van der Waals surface area (Å²) >= 11 is 6.07. The predicted molar refractivity (Wildman–Crippen MR) is 66.1 cm³/mol. The summed E-state index contributed by atoms with van der Waals surface area (Å²) in [5.74, 6) is 0.443. The van der Waals surface area contributed by atoms with E-state index in [2.05, 4.69) is 9.97 Å². The fourth-order valence-corrected chi connectivity index (χ4v) is 1.94. The average molecular weight is 257 g/mol. The van der Waals surface area contributed by atoms with Gasteiger partial charge in [-0.05, 0) is 26.7 Å². The minimum absolute atomic E-state index is 0.216. The van der Waals surface area contributed by atoms with Gasteiger partial charge in [0.1, 0.15) is 11.0 Å². The van der Waals surface area contributed by atoms with Crippen molar-refractivity contribution in [3.05, 3.63) is 22.2 Å². The summed E-state index contributed by atoms with van der Waals surface area (Å²) in [4.78, 5) is 19.7. The normalized spacial score (nSPS) is 10.4. The SMILES string of the molecule is CCOC(=O)CCc1c(Cl)nc(C)nc1CC. The Morgan fingerprint density at radius 3 is 2.65 bits per heavy atom. The molecule has 0 aromatic carbocycles. The van der Waals surface area contributed by atoms with E-state index in [0.29, 0.717) is 30.4 Å². The molecule has 1 rings (SSSR count). The Kier molecular flexibility index (Phi) is 5.35. The van der Waals surface area contributed by atoms with Crippen molar-refractivity contribution in [3.8, 4) is 0 Å². The van der Waals surface area contributed by atoms with Gasteiger partial charge in [0.2, 0.25) is 0 Å². The molecule has 0 amide bonds. The first-order valence-electron chi connectivity index (χ1n) is 5.76. The van der Waals surface area contributed by atoms with Crippen molar-refractivity contribution in [2.24, 2.45) is 0 Å². The summed E-state index contributed by atoms with van der Waals surface area (Å²) < 4.78 is 4.88. The molecule has 1 heterocycles. The van der Waals surface area contributed by atoms with Gasteiger partial charge in [0, 0.05) is 17.7 Å². The van der Waals surface area contributed by atoms with Crippen LogP contribution in [0.3, 0.4) is 0 Å². The number of halogens is 1. The molecule has 1 aromatic heterocycles. The van der Waals surface area contributed by atoms with Crippen LogP contribution in [0.1, 0.15) is 37.4 Å². The third-order valence-electron chi connectivity index (χ3n) is 2.37. The fraction of sp³-hybridized carbons (Fsp3) is 0.583. The van der Waals surface area contributed by atoms with Crippen LogP contribution in [-0.2, 0) is 22.4 Å². The van der Waals surface area contributed by atoms with Crippen LogP contribution in [0.15, 0.2) is 0 Å². The Hall–Kier alpha value is -1.16. The number of ether oxygens (including phenoxy) is 1. The molecule has 5 heteroatoms. The molecule has 4 nitrogen and oxygen atoms in total. The maximum absolute atomic E-state index is 11.3. The van der Waals surface area contributed by atoms with E-state index in [4.69, 9.17) is 16.3 Å². The molecular weight excluding hydrogens is 240 g/mol. The van der Waals surface area contributed by atoms with Crippen molar-refractivity contribution >= 4 is 17.6 Å². The van der Waals surface area contributed by atoms with Gasteiger partial charge in [-0.2, -0.15) is 0 Å². The lowest BCUT2D eigenvalue weighted by Gasteiger charge is -2.09. The number of carbonyl (C=O) groups is 1. The predicted octanol–water partition coefficient (Wildman–Crippen LogP) is 2.50. The molecule has 0 saturated carbocycles. The number of esters is 1. The Bertz CT molecular complexity index is 408. The van der Waals surface area contributed by atoms with Crippen molar-refractivity contribution in [2.75, 3.05) is 6.61 Å². The Labute approximate surface area is 106 Å². The third-order valence-corrected chi connectivity index (χ3v) is 2.69. The topological polar surface area (TPSA) is 52.1 Å². The Morgan fingerprint density at radius 2 is 2.06 bits per heavy atom. The van der Waals surface area contributed by atoms with Crippen molar-refractivity contribution in [2.45, 2.75) is 40.0 Å². The van der Waals surface area contributed by atoms with Gasteiger partial charge in [0.15, 0.2) is 0 Å². The summed E-state index contributed by atoms with van der Waals surface area (Å²) in [6, 6.07) is 0. The highest BCUT2D eigenvalue weighted by atomic mass is 35.5. The second-order valence-electron chi connectivity index (χ2n) is 3.65. The first kappa shape index (κ1) is 13.9. The largest absolute Gasteiger partial charge is 0.466 e. The highest BCUT2D eigenvalue weighted by Gasteiger charge is 2.12. The van der Waals surface area contributed by atoms with E-state index in [1.165, 1.54) is 0 Å². The first-order chi connectivity index (χ1) is 8.08. The molecule has 17 heavy (non-hydrogen) atoms. The fourth-order valence-electron chi connectivity index (χ4n) is 1.62. The number of carbonyl (C=O) groups excluding carboxylic acids is 1. The maximum Gasteiger partial charge on any atom is 0.306 e. The molecule has 0 N–H and O–H groups in total. The average Bonchev–Trinajstić information content (AvgIpc) is 2.27. The second-order valence-corrected chi connectivity index (χ2v) is 4.00. The van der Waals surface area contributed by atoms with E-state index < -0.39 is 0 Å². The lowest BCUT2D eigenvalue weighted by atomic mass is 10.1. The summed E-state index contributed by atoms with van der Waals surface area (Å²) in [6.45, 7) is 6.00. The van der Waals surface area contributed by atoms with Crippen LogP contribution < -0.4 is 0 Å². The summed E-state index contributed by atoms with van der Waals surface area (Å²) in [5.41, 5.74) is 1.76. The van der Waals surface area contributed by atoms with Gasteiger partial charge < -0.3 is 4.74 Å². The van der Waals surface area contributed by atoms with Crippen LogP contribution in [0.4, 0.5) is 0 Å². The van der Waals surface area contributed by atoms with Crippen molar-refractivity contribution in [1.29, 1.82) is 0 Å². The van der Waals surface area contributed by atoms with E-state index in [0.717, 1.165) is 17.7 Å². The monoisotopic (exact) mass is 256 g/mol. The molecule has 0 fully saturated rings. The first-order valence-corrected chi connectivity index (χ1v) is 6.13. The molecule has 0 unspecified atom stereocenters. The highest BCUT2D eigenvalue weighted by molar-refractivity contribution is 6.30. The Balaban J connectivity index is 2.79. The lowest BCUT2D eigenvalue weighted by molar-refractivity contribution is -0.143. The molecule has 0 bridgehead atoms. The van der Waals surface area contributed by atoms with Gasteiger partial charge in [0.25, 0.3) is 0 Å². The number of aryl methyl sites for hydroxylation is 2. The molecule has 0 aliphatic rings. The van der Waals surface area contributed by atoms with Crippen molar-refractivity contribution in [1.82, 2.24) is 9.97 Å². The number of rotatable bonds is 5. The maximum atomic E-state index is 11.3. The van der Waals surface area contributed by atoms with Crippen LogP contribution in [0.2, 0.25) is 5.15 Å². The van der Waals surface area contributed by atoms with Gasteiger partial charge >= 0.3 is 5.97 Å². The van der Waals surface area contributed by atoms with E-state index in [1.54, 1.807) is 13.8 Å². The van der Waals surface area contributed by atoms with Crippen molar-refractivity contribution in [3.63, 3.8) is 0 Å². The summed E-state index contributed by atoms with van der Waals surface area (Å²) in [7, 11) is 0. The van der Waals surface area contributed by atoms with Crippen LogP contribution in [0.5, 0.6) is 0 Å². The smallest absolute Gasteiger partial charge is 0.306 e.